The van der Waals surface area contributed by atoms with E-state index in [4.69, 9.17) is 5.11 Å². The van der Waals surface area contributed by atoms with E-state index in [1.165, 1.54) is 0 Å². The molecular weight excluding hydrogens is 164 g/mol. The lowest BCUT2D eigenvalue weighted by Crippen LogP contribution is -2.07. The predicted octanol–water partition coefficient (Wildman–Crippen LogP) is 2.33. The van der Waals surface area contributed by atoms with Gasteiger partial charge in [0.25, 0.3) is 0 Å². The number of phenolic OH excluding ortho intramolecular Hbond substituents is 1. The summed E-state index contributed by atoms with van der Waals surface area (Å²) in [6, 6.07) is 6.78. The van der Waals surface area contributed by atoms with Gasteiger partial charge in [-0.1, -0.05) is 26.0 Å². The highest BCUT2D eigenvalue weighted by molar-refractivity contribution is 5.62. The van der Waals surface area contributed by atoms with Crippen molar-refractivity contribution in [2.75, 3.05) is 0 Å². The van der Waals surface area contributed by atoms with Gasteiger partial charge in [-0.2, -0.15) is 0 Å². The lowest BCUT2D eigenvalue weighted by Gasteiger charge is -2.14. The highest BCUT2D eigenvalue weighted by Crippen LogP contribution is 2.23. The van der Waals surface area contributed by atoms with E-state index in [1.54, 1.807) is 24.3 Å². The van der Waals surface area contributed by atoms with Crippen LogP contribution >= 0.6 is 0 Å². The molecule has 13 heavy (non-hydrogen) atoms. The molecule has 1 aromatic rings. The molecule has 1 aromatic carbocycles. The molecule has 2 nitrogen and oxygen atoms in total. The first-order valence-electron chi connectivity index (χ1n) is 4.39. The van der Waals surface area contributed by atoms with E-state index in [1.807, 2.05) is 13.8 Å². The third kappa shape index (κ3) is 2.31. The molecule has 0 fully saturated rings. The first kappa shape index (κ1) is 9.78. The van der Waals surface area contributed by atoms with Gasteiger partial charge in [0.15, 0.2) is 0 Å². The van der Waals surface area contributed by atoms with Gasteiger partial charge in [-0.05, 0) is 23.6 Å². The smallest absolute Gasteiger partial charge is 0.127 e. The van der Waals surface area contributed by atoms with Gasteiger partial charge < -0.3 is 9.90 Å². The van der Waals surface area contributed by atoms with Crippen LogP contribution in [0.2, 0.25) is 0 Å². The van der Waals surface area contributed by atoms with Gasteiger partial charge in [0.05, 0.1) is 0 Å². The minimum atomic E-state index is -0.0689. The average Bonchev–Trinajstić information content (AvgIpc) is 2.09. The maximum Gasteiger partial charge on any atom is 0.127 e. The van der Waals surface area contributed by atoms with E-state index in [2.05, 4.69) is 0 Å². The third-order valence-corrected chi connectivity index (χ3v) is 2.14. The molecule has 1 atom stereocenters. The summed E-state index contributed by atoms with van der Waals surface area (Å²) < 4.78 is 0. The Balaban J connectivity index is 2.92. The number of benzene rings is 1. The van der Waals surface area contributed by atoms with Crippen molar-refractivity contribution in [3.8, 4) is 5.75 Å². The lowest BCUT2D eigenvalue weighted by atomic mass is 9.90. The Bertz CT molecular complexity index is 275. The van der Waals surface area contributed by atoms with E-state index in [9.17, 15) is 4.79 Å². The van der Waals surface area contributed by atoms with E-state index < -0.39 is 0 Å². The van der Waals surface area contributed by atoms with Crippen molar-refractivity contribution in [2.24, 2.45) is 5.92 Å². The fraction of sp³-hybridized carbons (Fsp3) is 0.364. The van der Waals surface area contributed by atoms with Gasteiger partial charge in [0.1, 0.15) is 12.0 Å². The number of phenols is 1. The fourth-order valence-corrected chi connectivity index (χ4v) is 1.32. The quantitative estimate of drug-likeness (QED) is 0.721. The Morgan fingerprint density at radius 2 is 1.77 bits per heavy atom. The number of carbonyl (C=O) groups excluding carboxylic acids is 1. The van der Waals surface area contributed by atoms with Crippen LogP contribution in [0.1, 0.15) is 25.3 Å². The standard InChI is InChI=1S/C11H14O2/c1-8(2)11(7-12)9-3-5-10(13)6-4-9/h3-8,11,13H,1-2H3. The molecule has 0 aliphatic heterocycles. The van der Waals surface area contributed by atoms with Gasteiger partial charge >= 0.3 is 0 Å². The van der Waals surface area contributed by atoms with Gasteiger partial charge in [0, 0.05) is 5.92 Å². The number of aldehydes is 1. The van der Waals surface area contributed by atoms with Crippen LogP contribution < -0.4 is 0 Å². The molecule has 1 rings (SSSR count). The van der Waals surface area contributed by atoms with Gasteiger partial charge in [-0.15, -0.1) is 0 Å². The number of hydrogen-bond acceptors (Lipinski definition) is 2. The largest absolute Gasteiger partial charge is 0.508 e. The van der Waals surface area contributed by atoms with Gasteiger partial charge in [-0.3, -0.25) is 0 Å². The molecule has 0 heterocycles. The van der Waals surface area contributed by atoms with Crippen molar-refractivity contribution < 1.29 is 9.90 Å². The topological polar surface area (TPSA) is 37.3 Å². The second kappa shape index (κ2) is 4.08. The van der Waals surface area contributed by atoms with Crippen molar-refractivity contribution in [2.45, 2.75) is 19.8 Å². The second-order valence-corrected chi connectivity index (χ2v) is 3.50. The van der Waals surface area contributed by atoms with Crippen LogP contribution in [0, 0.1) is 5.92 Å². The van der Waals surface area contributed by atoms with Crippen molar-refractivity contribution in [1.82, 2.24) is 0 Å². The van der Waals surface area contributed by atoms with E-state index in [0.717, 1.165) is 11.8 Å². The Kier molecular flexibility index (Phi) is 3.07. The summed E-state index contributed by atoms with van der Waals surface area (Å²) in [7, 11) is 0. The minimum absolute atomic E-state index is 0.0689. The number of carbonyl (C=O) groups is 1. The van der Waals surface area contributed by atoms with Crippen LogP contribution in [-0.4, -0.2) is 11.4 Å². The average molecular weight is 178 g/mol. The summed E-state index contributed by atoms with van der Waals surface area (Å²) in [5, 5.41) is 9.06. The lowest BCUT2D eigenvalue weighted by molar-refractivity contribution is -0.109. The molecule has 70 valence electrons. The summed E-state index contributed by atoms with van der Waals surface area (Å²) in [4.78, 5) is 10.8. The number of hydrogen-bond donors (Lipinski definition) is 1. The number of rotatable bonds is 3. The van der Waals surface area contributed by atoms with Crippen molar-refractivity contribution in [3.05, 3.63) is 29.8 Å². The van der Waals surface area contributed by atoms with E-state index in [-0.39, 0.29) is 11.7 Å². The Morgan fingerprint density at radius 3 is 2.15 bits per heavy atom. The highest BCUT2D eigenvalue weighted by atomic mass is 16.3. The van der Waals surface area contributed by atoms with Crippen LogP contribution in [-0.2, 0) is 4.79 Å². The van der Waals surface area contributed by atoms with Crippen molar-refractivity contribution in [1.29, 1.82) is 0 Å². The SMILES string of the molecule is CC(C)C(C=O)c1ccc(O)cc1. The zero-order chi connectivity index (χ0) is 9.84. The Morgan fingerprint density at radius 1 is 1.23 bits per heavy atom. The fourth-order valence-electron chi connectivity index (χ4n) is 1.32. The van der Waals surface area contributed by atoms with Crippen LogP contribution in [0.15, 0.2) is 24.3 Å². The second-order valence-electron chi connectivity index (χ2n) is 3.50. The van der Waals surface area contributed by atoms with Crippen LogP contribution in [0.3, 0.4) is 0 Å². The molecule has 1 unspecified atom stereocenters. The summed E-state index contributed by atoms with van der Waals surface area (Å²) in [5.74, 6) is 0.458. The molecule has 0 aromatic heterocycles. The van der Waals surface area contributed by atoms with Gasteiger partial charge in [-0.25, -0.2) is 0 Å². The first-order chi connectivity index (χ1) is 6.15. The molecule has 0 bridgehead atoms. The molecule has 0 spiro atoms. The predicted molar refractivity (Wildman–Crippen MR) is 51.7 cm³/mol. The van der Waals surface area contributed by atoms with Gasteiger partial charge in [0.2, 0.25) is 0 Å². The zero-order valence-corrected chi connectivity index (χ0v) is 7.90. The molecule has 0 aliphatic carbocycles. The molecular formula is C11H14O2. The van der Waals surface area contributed by atoms with Crippen molar-refractivity contribution in [3.63, 3.8) is 0 Å². The van der Waals surface area contributed by atoms with Crippen molar-refractivity contribution >= 4 is 6.29 Å². The number of aromatic hydroxyl groups is 1. The molecule has 0 aliphatic rings. The maximum atomic E-state index is 10.8. The first-order valence-corrected chi connectivity index (χ1v) is 4.39. The summed E-state index contributed by atoms with van der Waals surface area (Å²) in [6.07, 6.45) is 0.955. The monoisotopic (exact) mass is 178 g/mol. The molecule has 1 N–H and O–H groups in total. The summed E-state index contributed by atoms with van der Waals surface area (Å²) >= 11 is 0. The maximum absolute atomic E-state index is 10.8. The molecule has 0 saturated heterocycles. The summed E-state index contributed by atoms with van der Waals surface area (Å²) in [5.41, 5.74) is 0.961. The molecule has 2 heteroatoms. The third-order valence-electron chi connectivity index (χ3n) is 2.14. The van der Waals surface area contributed by atoms with Crippen LogP contribution in [0.25, 0.3) is 0 Å². The zero-order valence-electron chi connectivity index (χ0n) is 7.90. The molecule has 0 saturated carbocycles. The Hall–Kier alpha value is -1.31. The molecule has 0 amide bonds. The Labute approximate surface area is 78.2 Å². The van der Waals surface area contributed by atoms with E-state index in [0.29, 0.717) is 5.92 Å². The normalized spacial score (nSPS) is 12.8. The minimum Gasteiger partial charge on any atom is -0.508 e. The van der Waals surface area contributed by atoms with Crippen LogP contribution in [0.5, 0.6) is 5.75 Å². The van der Waals surface area contributed by atoms with E-state index >= 15 is 0 Å². The summed E-state index contributed by atoms with van der Waals surface area (Å²) in [6.45, 7) is 4.01. The highest BCUT2D eigenvalue weighted by Gasteiger charge is 2.13. The molecule has 0 radical (unpaired) electrons. The van der Waals surface area contributed by atoms with Crippen LogP contribution in [0.4, 0.5) is 0 Å².